The Morgan fingerprint density at radius 1 is 1.43 bits per heavy atom. The smallest absolute Gasteiger partial charge is 0.340 e. The third-order valence-electron chi connectivity index (χ3n) is 2.96. The monoisotopic (exact) mass is 309 g/mol. The molecule has 0 unspecified atom stereocenters. The zero-order chi connectivity index (χ0) is 15.6. The van der Waals surface area contributed by atoms with Crippen molar-refractivity contribution in [1.82, 2.24) is 10.2 Å². The summed E-state index contributed by atoms with van der Waals surface area (Å²) in [6.07, 6.45) is 0.985. The number of aromatic carboxylic acids is 1. The minimum atomic E-state index is -4.02. The summed E-state index contributed by atoms with van der Waals surface area (Å²) < 4.78 is 26.4. The van der Waals surface area contributed by atoms with Gasteiger partial charge in [0.1, 0.15) is 5.56 Å². The fraction of sp³-hybridized carbons (Fsp3) is 0.231. The summed E-state index contributed by atoms with van der Waals surface area (Å²) in [5.74, 6) is -1.34. The fourth-order valence-corrected chi connectivity index (χ4v) is 3.55. The van der Waals surface area contributed by atoms with Crippen molar-refractivity contribution in [1.29, 1.82) is 0 Å². The number of aryl methyl sites for hydroxylation is 1. The van der Waals surface area contributed by atoms with E-state index in [1.54, 1.807) is 25.1 Å². The normalized spacial score (nSPS) is 11.3. The maximum Gasteiger partial charge on any atom is 0.340 e. The van der Waals surface area contributed by atoms with Crippen LogP contribution < -0.4 is 4.31 Å². The summed E-state index contributed by atoms with van der Waals surface area (Å²) in [5, 5.41) is 14.4. The summed E-state index contributed by atoms with van der Waals surface area (Å²) in [6, 6.07) is 6.97. The zero-order valence-electron chi connectivity index (χ0n) is 11.6. The van der Waals surface area contributed by atoms with E-state index in [4.69, 9.17) is 5.11 Å². The summed E-state index contributed by atoms with van der Waals surface area (Å²) in [5.41, 5.74) is 1.01. The van der Waals surface area contributed by atoms with Gasteiger partial charge in [0.15, 0.2) is 5.03 Å². The van der Waals surface area contributed by atoms with Crippen molar-refractivity contribution in [3.63, 3.8) is 0 Å². The highest BCUT2D eigenvalue weighted by molar-refractivity contribution is 7.92. The number of benzene rings is 1. The van der Waals surface area contributed by atoms with E-state index in [1.807, 2.05) is 13.0 Å². The molecule has 1 aromatic heterocycles. The second kappa shape index (κ2) is 5.57. The molecule has 0 saturated carbocycles. The van der Waals surface area contributed by atoms with Gasteiger partial charge in [-0.05, 0) is 31.5 Å². The van der Waals surface area contributed by atoms with E-state index in [1.165, 1.54) is 0 Å². The molecule has 2 N–H and O–H groups in total. The number of aromatic amines is 1. The van der Waals surface area contributed by atoms with Gasteiger partial charge in [-0.15, -0.1) is 0 Å². The first kappa shape index (κ1) is 15.0. The van der Waals surface area contributed by atoms with Gasteiger partial charge >= 0.3 is 5.97 Å². The van der Waals surface area contributed by atoms with Crippen LogP contribution in [-0.2, 0) is 10.0 Å². The van der Waals surface area contributed by atoms with Crippen LogP contribution >= 0.6 is 0 Å². The fourth-order valence-electron chi connectivity index (χ4n) is 2.01. The first-order valence-electron chi connectivity index (χ1n) is 6.24. The number of hydrogen-bond donors (Lipinski definition) is 2. The minimum absolute atomic E-state index is 0.171. The van der Waals surface area contributed by atoms with Crippen LogP contribution in [0.5, 0.6) is 0 Å². The van der Waals surface area contributed by atoms with E-state index in [9.17, 15) is 13.2 Å². The number of nitrogens with zero attached hydrogens (tertiary/aromatic N) is 2. The second-order valence-electron chi connectivity index (χ2n) is 4.43. The number of carboxylic acid groups (broad SMARTS) is 1. The summed E-state index contributed by atoms with van der Waals surface area (Å²) in [6.45, 7) is 3.70. The largest absolute Gasteiger partial charge is 0.478 e. The highest BCUT2D eigenvalue weighted by atomic mass is 32.2. The van der Waals surface area contributed by atoms with E-state index in [0.717, 1.165) is 16.1 Å². The average Bonchev–Trinajstić information content (AvgIpc) is 2.89. The van der Waals surface area contributed by atoms with Crippen LogP contribution in [0, 0.1) is 6.92 Å². The molecule has 21 heavy (non-hydrogen) atoms. The molecular formula is C13H15N3O4S. The Kier molecular flexibility index (Phi) is 3.99. The lowest BCUT2D eigenvalue weighted by atomic mass is 10.2. The molecule has 0 atom stereocenters. The number of rotatable bonds is 5. The van der Waals surface area contributed by atoms with Crippen molar-refractivity contribution in [2.45, 2.75) is 18.9 Å². The van der Waals surface area contributed by atoms with Gasteiger partial charge in [-0.3, -0.25) is 9.40 Å². The molecule has 2 aromatic rings. The van der Waals surface area contributed by atoms with Gasteiger partial charge in [-0.1, -0.05) is 12.1 Å². The maximum atomic E-state index is 12.7. The first-order valence-corrected chi connectivity index (χ1v) is 7.68. The van der Waals surface area contributed by atoms with Crippen LogP contribution in [0.25, 0.3) is 0 Å². The third-order valence-corrected chi connectivity index (χ3v) is 4.84. The van der Waals surface area contributed by atoms with E-state index >= 15 is 0 Å². The number of H-pyrrole nitrogens is 1. The topological polar surface area (TPSA) is 103 Å². The Hall–Kier alpha value is -2.35. The Labute approximate surface area is 122 Å². The first-order chi connectivity index (χ1) is 9.87. The molecule has 7 nitrogen and oxygen atoms in total. The number of sulfonamides is 1. The number of hydrogen-bond acceptors (Lipinski definition) is 4. The van der Waals surface area contributed by atoms with Gasteiger partial charge in [0.05, 0.1) is 11.9 Å². The number of carboxylic acids is 1. The van der Waals surface area contributed by atoms with Gasteiger partial charge in [0, 0.05) is 6.54 Å². The van der Waals surface area contributed by atoms with Crippen molar-refractivity contribution < 1.29 is 18.3 Å². The Balaban J connectivity index is 2.55. The van der Waals surface area contributed by atoms with Crippen molar-refractivity contribution in [2.24, 2.45) is 0 Å². The number of nitrogens with one attached hydrogen (secondary N) is 1. The number of anilines is 1. The van der Waals surface area contributed by atoms with Crippen LogP contribution in [0.4, 0.5) is 5.69 Å². The lowest BCUT2D eigenvalue weighted by molar-refractivity contribution is 0.0692. The second-order valence-corrected chi connectivity index (χ2v) is 6.23. The average molecular weight is 309 g/mol. The molecule has 2 rings (SSSR count). The molecule has 0 amide bonds. The van der Waals surface area contributed by atoms with E-state index in [0.29, 0.717) is 5.69 Å². The number of carbonyl (C=O) groups is 1. The van der Waals surface area contributed by atoms with E-state index in [2.05, 4.69) is 10.2 Å². The highest BCUT2D eigenvalue weighted by Gasteiger charge is 2.30. The predicted octanol–water partition coefficient (Wildman–Crippen LogP) is 1.63. The van der Waals surface area contributed by atoms with Gasteiger partial charge in [-0.2, -0.15) is 13.5 Å². The molecule has 0 saturated heterocycles. The molecule has 1 aromatic carbocycles. The lowest BCUT2D eigenvalue weighted by Crippen LogP contribution is -2.32. The molecular weight excluding hydrogens is 294 g/mol. The molecule has 0 aliphatic carbocycles. The standard InChI is InChI=1S/C13H15N3O4S/c1-3-16(10-6-4-5-9(2)7-10)21(19,20)12-11(13(17)18)8-14-15-12/h4-8H,3H2,1-2H3,(H,14,15)(H,17,18). The molecule has 0 fully saturated rings. The molecule has 0 aliphatic heterocycles. The van der Waals surface area contributed by atoms with Crippen LogP contribution in [0.1, 0.15) is 22.8 Å². The van der Waals surface area contributed by atoms with Crippen molar-refractivity contribution in [3.8, 4) is 0 Å². The predicted molar refractivity (Wildman–Crippen MR) is 76.9 cm³/mol. The molecule has 0 spiro atoms. The molecule has 0 radical (unpaired) electrons. The highest BCUT2D eigenvalue weighted by Crippen LogP contribution is 2.24. The Morgan fingerprint density at radius 2 is 2.14 bits per heavy atom. The Morgan fingerprint density at radius 3 is 2.71 bits per heavy atom. The van der Waals surface area contributed by atoms with Crippen molar-refractivity contribution in [2.75, 3.05) is 10.8 Å². The summed E-state index contributed by atoms with van der Waals surface area (Å²) in [7, 11) is -4.02. The maximum absolute atomic E-state index is 12.7. The van der Waals surface area contributed by atoms with Crippen LogP contribution in [0.3, 0.4) is 0 Å². The number of aromatic nitrogens is 2. The van der Waals surface area contributed by atoms with Gasteiger partial charge in [-0.25, -0.2) is 4.79 Å². The summed E-state index contributed by atoms with van der Waals surface area (Å²) >= 11 is 0. The van der Waals surface area contributed by atoms with Gasteiger partial charge in [0.25, 0.3) is 10.0 Å². The van der Waals surface area contributed by atoms with Crippen molar-refractivity contribution in [3.05, 3.63) is 41.6 Å². The SMILES string of the molecule is CCN(c1cccc(C)c1)S(=O)(=O)c1[nH]ncc1C(=O)O. The van der Waals surface area contributed by atoms with Crippen molar-refractivity contribution >= 4 is 21.7 Å². The van der Waals surface area contributed by atoms with Crippen LogP contribution in [0.2, 0.25) is 0 Å². The molecule has 0 aliphatic rings. The van der Waals surface area contributed by atoms with E-state index in [-0.39, 0.29) is 12.1 Å². The van der Waals surface area contributed by atoms with Gasteiger partial charge in [0.2, 0.25) is 0 Å². The molecule has 8 heteroatoms. The minimum Gasteiger partial charge on any atom is -0.478 e. The van der Waals surface area contributed by atoms with Crippen LogP contribution in [0.15, 0.2) is 35.5 Å². The quantitative estimate of drug-likeness (QED) is 0.873. The van der Waals surface area contributed by atoms with Crippen LogP contribution in [-0.4, -0.2) is 36.2 Å². The molecule has 1 heterocycles. The molecule has 112 valence electrons. The lowest BCUT2D eigenvalue weighted by Gasteiger charge is -2.22. The Bertz CT molecular complexity index is 767. The summed E-state index contributed by atoms with van der Waals surface area (Å²) in [4.78, 5) is 11.1. The van der Waals surface area contributed by atoms with Gasteiger partial charge < -0.3 is 5.11 Å². The third kappa shape index (κ3) is 2.75. The zero-order valence-corrected chi connectivity index (χ0v) is 12.4. The molecule has 0 bridgehead atoms. The van der Waals surface area contributed by atoms with E-state index < -0.39 is 21.0 Å².